The van der Waals surface area contributed by atoms with E-state index >= 15 is 0 Å². The van der Waals surface area contributed by atoms with Crippen LogP contribution in [0, 0.1) is 0 Å². The van der Waals surface area contributed by atoms with Crippen LogP contribution in [0.4, 0.5) is 0 Å². The molecule has 2 rings (SSSR count). The van der Waals surface area contributed by atoms with Crippen molar-refractivity contribution in [2.24, 2.45) is 0 Å². The third-order valence-corrected chi connectivity index (χ3v) is 3.48. The van der Waals surface area contributed by atoms with Crippen LogP contribution in [0.1, 0.15) is 39.4 Å². The number of nitrogens with one attached hydrogen (secondary N) is 1. The largest absolute Gasteiger partial charge is 0.352 e. The van der Waals surface area contributed by atoms with Gasteiger partial charge in [-0.2, -0.15) is 0 Å². The van der Waals surface area contributed by atoms with Crippen molar-refractivity contribution in [1.29, 1.82) is 0 Å². The van der Waals surface area contributed by atoms with Crippen LogP contribution >= 0.6 is 0 Å². The van der Waals surface area contributed by atoms with Gasteiger partial charge in [-0.1, -0.05) is 36.9 Å². The number of rotatable bonds is 2. The Bertz CT molecular complexity index is 406. The molecule has 1 aliphatic heterocycles. The van der Waals surface area contributed by atoms with E-state index in [1.165, 1.54) is 11.3 Å². The van der Waals surface area contributed by atoms with E-state index in [2.05, 4.69) is 74.8 Å². The van der Waals surface area contributed by atoms with Gasteiger partial charge in [0.15, 0.2) is 0 Å². The summed E-state index contributed by atoms with van der Waals surface area (Å²) in [5.41, 5.74) is 2.43. The molecule has 0 amide bonds. The van der Waals surface area contributed by atoms with Gasteiger partial charge in [-0.15, -0.1) is 0 Å². The van der Waals surface area contributed by atoms with Crippen LogP contribution in [0.5, 0.6) is 0 Å². The highest BCUT2D eigenvalue weighted by molar-refractivity contribution is 5.28. The number of hydrogen-bond acceptors (Lipinski definition) is 2. The summed E-state index contributed by atoms with van der Waals surface area (Å²) >= 11 is 0. The van der Waals surface area contributed by atoms with E-state index in [4.69, 9.17) is 0 Å². The van der Waals surface area contributed by atoms with E-state index in [0.717, 1.165) is 0 Å². The maximum atomic E-state index is 4.25. The second kappa shape index (κ2) is 4.19. The molecule has 1 saturated heterocycles. The highest BCUT2D eigenvalue weighted by Crippen LogP contribution is 2.37. The Hall–Kier alpha value is -1.28. The van der Waals surface area contributed by atoms with Crippen molar-refractivity contribution < 1.29 is 0 Å². The lowest BCUT2D eigenvalue weighted by Gasteiger charge is -2.31. The highest BCUT2D eigenvalue weighted by atomic mass is 15.4. The molecule has 0 spiro atoms. The zero-order chi connectivity index (χ0) is 12.6. The first-order valence-corrected chi connectivity index (χ1v) is 6.24. The Morgan fingerprint density at radius 1 is 1.24 bits per heavy atom. The first-order chi connectivity index (χ1) is 7.93. The minimum absolute atomic E-state index is 0.0369. The van der Waals surface area contributed by atoms with Crippen molar-refractivity contribution >= 4 is 0 Å². The maximum Gasteiger partial charge on any atom is 0.106 e. The van der Waals surface area contributed by atoms with E-state index in [-0.39, 0.29) is 11.7 Å². The molecule has 1 heterocycles. The highest BCUT2D eigenvalue weighted by Gasteiger charge is 2.41. The van der Waals surface area contributed by atoms with Crippen LogP contribution in [0.25, 0.3) is 0 Å². The average Bonchev–Trinajstić information content (AvgIpc) is 2.52. The molecule has 0 radical (unpaired) electrons. The monoisotopic (exact) mass is 230 g/mol. The summed E-state index contributed by atoms with van der Waals surface area (Å²) in [6.45, 7) is 13.1. The van der Waals surface area contributed by atoms with Gasteiger partial charge in [0.25, 0.3) is 0 Å². The zero-order valence-corrected chi connectivity index (χ0v) is 11.2. The van der Waals surface area contributed by atoms with Crippen molar-refractivity contribution in [2.75, 3.05) is 0 Å². The Morgan fingerprint density at radius 3 is 2.35 bits per heavy atom. The lowest BCUT2D eigenvalue weighted by atomic mass is 10.0. The van der Waals surface area contributed by atoms with Gasteiger partial charge < -0.3 is 4.90 Å². The summed E-state index contributed by atoms with van der Waals surface area (Å²) in [5.74, 6) is 0. The SMILES string of the molecule is C=C1N(C(C)C)C(c2ccccc2)NC1(C)C. The lowest BCUT2D eigenvalue weighted by Crippen LogP contribution is -2.34. The summed E-state index contributed by atoms with van der Waals surface area (Å²) in [7, 11) is 0. The van der Waals surface area contributed by atoms with Crippen LogP contribution in [0.3, 0.4) is 0 Å². The topological polar surface area (TPSA) is 15.3 Å². The summed E-state index contributed by atoms with van der Waals surface area (Å²) < 4.78 is 0. The normalized spacial score (nSPS) is 23.5. The molecular weight excluding hydrogens is 208 g/mol. The predicted molar refractivity (Wildman–Crippen MR) is 72.5 cm³/mol. The molecule has 2 heteroatoms. The standard InChI is InChI=1S/C15H22N2/c1-11(2)17-12(3)15(4,5)16-14(17)13-9-7-6-8-10-13/h6-11,14,16H,3H2,1-2,4-5H3. The van der Waals surface area contributed by atoms with Crippen molar-refractivity contribution in [3.63, 3.8) is 0 Å². The van der Waals surface area contributed by atoms with Gasteiger partial charge >= 0.3 is 0 Å². The smallest absolute Gasteiger partial charge is 0.106 e. The molecule has 2 nitrogen and oxygen atoms in total. The van der Waals surface area contributed by atoms with Gasteiger partial charge in [0.05, 0.1) is 5.54 Å². The van der Waals surface area contributed by atoms with Crippen molar-refractivity contribution in [3.05, 3.63) is 48.2 Å². The molecule has 0 bridgehead atoms. The molecule has 0 aliphatic carbocycles. The van der Waals surface area contributed by atoms with Crippen LogP contribution in [0.15, 0.2) is 42.6 Å². The van der Waals surface area contributed by atoms with Crippen LogP contribution < -0.4 is 5.32 Å². The fourth-order valence-corrected chi connectivity index (χ4v) is 2.46. The molecule has 1 fully saturated rings. The molecule has 0 saturated carbocycles. The van der Waals surface area contributed by atoms with E-state index in [0.29, 0.717) is 6.04 Å². The van der Waals surface area contributed by atoms with Gasteiger partial charge in [-0.25, -0.2) is 0 Å². The number of nitrogens with zero attached hydrogens (tertiary/aromatic N) is 1. The summed E-state index contributed by atoms with van der Waals surface area (Å²) in [5, 5.41) is 3.65. The van der Waals surface area contributed by atoms with Gasteiger partial charge in [0, 0.05) is 11.7 Å². The average molecular weight is 230 g/mol. The minimum Gasteiger partial charge on any atom is -0.352 e. The first-order valence-electron chi connectivity index (χ1n) is 6.24. The molecule has 1 aliphatic rings. The Balaban J connectivity index is 2.37. The molecule has 1 atom stereocenters. The molecular formula is C15H22N2. The fraction of sp³-hybridized carbons (Fsp3) is 0.467. The van der Waals surface area contributed by atoms with Crippen LogP contribution in [-0.2, 0) is 0 Å². The van der Waals surface area contributed by atoms with Crippen molar-refractivity contribution in [1.82, 2.24) is 10.2 Å². The van der Waals surface area contributed by atoms with E-state index in [9.17, 15) is 0 Å². The Morgan fingerprint density at radius 2 is 1.82 bits per heavy atom. The summed E-state index contributed by atoms with van der Waals surface area (Å²) in [6.07, 6.45) is 0.235. The second-order valence-electron chi connectivity index (χ2n) is 5.53. The summed E-state index contributed by atoms with van der Waals surface area (Å²) in [6, 6.07) is 11.0. The third kappa shape index (κ3) is 2.09. The van der Waals surface area contributed by atoms with Gasteiger partial charge in [0.2, 0.25) is 0 Å². The molecule has 1 aromatic rings. The quantitative estimate of drug-likeness (QED) is 0.838. The second-order valence-corrected chi connectivity index (χ2v) is 5.53. The van der Waals surface area contributed by atoms with Crippen molar-refractivity contribution in [2.45, 2.75) is 45.4 Å². The molecule has 1 N–H and O–H groups in total. The molecule has 1 unspecified atom stereocenters. The zero-order valence-electron chi connectivity index (χ0n) is 11.2. The van der Waals surface area contributed by atoms with Gasteiger partial charge in [0.1, 0.15) is 6.17 Å². The molecule has 0 aromatic heterocycles. The van der Waals surface area contributed by atoms with E-state index in [1.807, 2.05) is 0 Å². The summed E-state index contributed by atoms with van der Waals surface area (Å²) in [4.78, 5) is 2.37. The number of hydrogen-bond donors (Lipinski definition) is 1. The Kier molecular flexibility index (Phi) is 3.00. The van der Waals surface area contributed by atoms with Crippen LogP contribution in [0.2, 0.25) is 0 Å². The van der Waals surface area contributed by atoms with E-state index < -0.39 is 0 Å². The Labute approximate surface area is 104 Å². The van der Waals surface area contributed by atoms with Crippen LogP contribution in [-0.4, -0.2) is 16.5 Å². The molecule has 17 heavy (non-hydrogen) atoms. The van der Waals surface area contributed by atoms with Gasteiger partial charge in [-0.3, -0.25) is 5.32 Å². The number of benzene rings is 1. The minimum atomic E-state index is -0.0369. The van der Waals surface area contributed by atoms with Gasteiger partial charge in [-0.05, 0) is 33.3 Å². The predicted octanol–water partition coefficient (Wildman–Crippen LogP) is 3.29. The molecule has 92 valence electrons. The first kappa shape index (κ1) is 12.2. The van der Waals surface area contributed by atoms with E-state index in [1.54, 1.807) is 0 Å². The fourth-order valence-electron chi connectivity index (χ4n) is 2.46. The lowest BCUT2D eigenvalue weighted by molar-refractivity contribution is 0.230. The molecule has 1 aromatic carbocycles. The maximum absolute atomic E-state index is 4.25. The third-order valence-electron chi connectivity index (χ3n) is 3.48. The van der Waals surface area contributed by atoms with Crippen molar-refractivity contribution in [3.8, 4) is 0 Å².